The summed E-state index contributed by atoms with van der Waals surface area (Å²) < 4.78 is 16.0. The van der Waals surface area contributed by atoms with E-state index in [1.54, 1.807) is 0 Å². The number of aromatic nitrogens is 4. The minimum Gasteiger partial charge on any atom is -0.456 e. The summed E-state index contributed by atoms with van der Waals surface area (Å²) in [4.78, 5) is 58.9. The molecule has 15 nitrogen and oxygen atoms in total. The zero-order chi connectivity index (χ0) is 44.8. The number of aliphatic hydroxyl groups is 1. The lowest BCUT2D eigenvalue weighted by Crippen LogP contribution is -2.54. The number of hydrogen-bond donors (Lipinski definition) is 5. The van der Waals surface area contributed by atoms with E-state index in [2.05, 4.69) is 69.1 Å². The molecule has 4 aromatic heterocycles. The fraction of sp³-hybridized carbons (Fsp3) is 0.408. The maximum Gasteiger partial charge on any atom is 0.407 e. The number of aliphatic hydroxyl groups excluding tert-OH is 1. The van der Waals surface area contributed by atoms with E-state index in [-0.39, 0.29) is 29.8 Å². The lowest BCUT2D eigenvalue weighted by atomic mass is 9.91. The maximum atomic E-state index is 13.9. The van der Waals surface area contributed by atoms with Gasteiger partial charge in [-0.15, -0.1) is 0 Å². The van der Waals surface area contributed by atoms with E-state index in [4.69, 9.17) is 23.9 Å². The molecular formula is C49H56N8O7. The van der Waals surface area contributed by atoms with Crippen LogP contribution in [0.3, 0.4) is 0 Å². The van der Waals surface area contributed by atoms with Crippen LogP contribution in [-0.4, -0.2) is 98.6 Å². The zero-order valence-electron chi connectivity index (χ0n) is 37.1. The Balaban J connectivity index is 0.957. The number of nitrogens with one attached hydrogen (secondary N) is 4. The third-order valence-corrected chi connectivity index (χ3v) is 13.5. The Kier molecular flexibility index (Phi) is 11.8. The monoisotopic (exact) mass is 868 g/mol. The van der Waals surface area contributed by atoms with Gasteiger partial charge < -0.3 is 44.5 Å². The molecule has 3 amide bonds. The molecule has 0 saturated carbocycles. The molecule has 0 spiro atoms. The zero-order valence-corrected chi connectivity index (χ0v) is 37.1. The largest absolute Gasteiger partial charge is 0.456 e. The average molecular weight is 869 g/mol. The van der Waals surface area contributed by atoms with Crippen LogP contribution in [0.2, 0.25) is 0 Å². The second-order valence-corrected chi connectivity index (χ2v) is 17.6. The summed E-state index contributed by atoms with van der Waals surface area (Å²) in [6, 6.07) is 21.4. The van der Waals surface area contributed by atoms with Gasteiger partial charge in [-0.25, -0.2) is 19.6 Å². The minimum atomic E-state index is -0.904. The highest BCUT2D eigenvalue weighted by atomic mass is 16.5. The first-order valence-electron chi connectivity index (χ1n) is 22.3. The number of benzene rings is 4. The Hall–Kier alpha value is -6.45. The van der Waals surface area contributed by atoms with Crippen molar-refractivity contribution in [3.63, 3.8) is 0 Å². The second kappa shape index (κ2) is 17.6. The van der Waals surface area contributed by atoms with Crippen molar-refractivity contribution >= 4 is 51.1 Å². The summed E-state index contributed by atoms with van der Waals surface area (Å²) in [6.45, 7) is 9.16. The van der Waals surface area contributed by atoms with E-state index in [9.17, 15) is 19.5 Å². The topological polar surface area (TPSA) is 191 Å². The molecule has 0 radical (unpaired) electrons. The molecule has 15 heteroatoms. The molecule has 6 atom stereocenters. The Morgan fingerprint density at radius 1 is 0.812 bits per heavy atom. The molecule has 6 heterocycles. The molecule has 3 aromatic carbocycles. The third-order valence-electron chi connectivity index (χ3n) is 13.5. The van der Waals surface area contributed by atoms with Crippen LogP contribution in [0.15, 0.2) is 77.3 Å². The van der Waals surface area contributed by atoms with Gasteiger partial charge in [0.1, 0.15) is 35.1 Å². The van der Waals surface area contributed by atoms with E-state index >= 15 is 0 Å². The van der Waals surface area contributed by atoms with Gasteiger partial charge in [-0.2, -0.15) is 0 Å². The van der Waals surface area contributed by atoms with Gasteiger partial charge in [-0.3, -0.25) is 9.69 Å². The number of rotatable bonds is 13. The number of hydrogen-bond acceptors (Lipinski definition) is 10. The Labute approximate surface area is 371 Å². The number of nitrogens with zero attached hydrogens (tertiary/aromatic N) is 4. The number of ether oxygens (including phenoxy) is 2. The first kappa shape index (κ1) is 42.8. The van der Waals surface area contributed by atoms with E-state index in [1.165, 1.54) is 14.2 Å². The molecule has 334 valence electrons. The standard InChI is InChI=1S/C49H56N8O7/c1-7-27(4)43(55-49(61)63-6)47(59)57-23-9-11-37(57)45-51-33-19-16-30(24-34(33)52-45)32-18-17-31(40-38-20-21-39(64-38)41(32)40)28-12-14-29(15-13-28)35-25-50-44(53-35)36-10-8-22-56(36)46(58)42(26(2)3)54-48(60)62-5/h12-21,24-27,36-37,42-43,46,58H,7-11,22-23H2,1-6H3,(H,50,53)(H,51,52)(H,54,60)(H,55,61)/t27?,36-,37?,42-,43-,46?/m0/s1. The lowest BCUT2D eigenvalue weighted by Gasteiger charge is -2.35. The summed E-state index contributed by atoms with van der Waals surface area (Å²) in [5.74, 6) is 1.29. The number of imidazole rings is 2. The molecule has 5 N–H and O–H groups in total. The summed E-state index contributed by atoms with van der Waals surface area (Å²) in [5.41, 5.74) is 9.36. The molecule has 64 heavy (non-hydrogen) atoms. The molecule has 2 fully saturated rings. The van der Waals surface area contributed by atoms with Crippen LogP contribution >= 0.6 is 0 Å². The van der Waals surface area contributed by atoms with E-state index in [0.29, 0.717) is 13.1 Å². The van der Waals surface area contributed by atoms with E-state index in [0.717, 1.165) is 110 Å². The highest BCUT2D eigenvalue weighted by molar-refractivity contribution is 6.19. The van der Waals surface area contributed by atoms with Crippen molar-refractivity contribution in [3.05, 3.63) is 84.6 Å². The Morgan fingerprint density at radius 2 is 1.45 bits per heavy atom. The second-order valence-electron chi connectivity index (χ2n) is 17.6. The van der Waals surface area contributed by atoms with Gasteiger partial charge >= 0.3 is 12.2 Å². The van der Waals surface area contributed by atoms with Gasteiger partial charge in [0.2, 0.25) is 5.91 Å². The molecular weight excluding hydrogens is 813 g/mol. The number of likely N-dealkylation sites (tertiary alicyclic amines) is 2. The van der Waals surface area contributed by atoms with Gasteiger partial charge in [-0.05, 0) is 89.6 Å². The van der Waals surface area contributed by atoms with Crippen LogP contribution in [0.25, 0.3) is 66.5 Å². The van der Waals surface area contributed by atoms with Crippen LogP contribution in [0.1, 0.15) is 83.5 Å². The molecule has 2 aliphatic rings. The van der Waals surface area contributed by atoms with Crippen molar-refractivity contribution in [3.8, 4) is 33.5 Å². The highest BCUT2D eigenvalue weighted by Gasteiger charge is 2.40. The lowest BCUT2D eigenvalue weighted by molar-refractivity contribution is -0.135. The van der Waals surface area contributed by atoms with Crippen LogP contribution < -0.4 is 10.6 Å². The minimum absolute atomic E-state index is 0.0171. The number of fused-ring (bicyclic) bond motifs is 6. The van der Waals surface area contributed by atoms with Gasteiger partial charge in [0.15, 0.2) is 0 Å². The summed E-state index contributed by atoms with van der Waals surface area (Å²) in [7, 11) is 2.63. The smallest absolute Gasteiger partial charge is 0.407 e. The van der Waals surface area contributed by atoms with Crippen LogP contribution in [0.5, 0.6) is 0 Å². The summed E-state index contributed by atoms with van der Waals surface area (Å²) in [5, 5.41) is 19.1. The van der Waals surface area contributed by atoms with Crippen LogP contribution in [0, 0.1) is 11.8 Å². The van der Waals surface area contributed by atoms with E-state index < -0.39 is 30.5 Å². The van der Waals surface area contributed by atoms with Crippen molar-refractivity contribution in [1.82, 2.24) is 40.4 Å². The average Bonchev–Trinajstić information content (AvgIpc) is 4.18. The summed E-state index contributed by atoms with van der Waals surface area (Å²) >= 11 is 0. The first-order chi connectivity index (χ1) is 31.0. The maximum absolute atomic E-state index is 13.9. The summed E-state index contributed by atoms with van der Waals surface area (Å²) in [6.07, 6.45) is 3.81. The van der Waals surface area contributed by atoms with Crippen LogP contribution in [-0.2, 0) is 14.3 Å². The number of H-pyrrole nitrogens is 2. The SMILES string of the molecule is CCC(C)[C@H](NC(=O)OC)C(=O)N1CCCC1c1nc2ccc(-c3ccc(-c4ccc(-c5cnc([C@@H]6CCCN6C(O)[C@@H](NC(=O)OC)C(C)C)[nH]5)cc4)c4c5ccc(o5)c34)cc2[nH]1. The number of alkyl carbamates (subject to hydrolysis) is 2. The van der Waals surface area contributed by atoms with Gasteiger partial charge in [-0.1, -0.05) is 76.6 Å². The fourth-order valence-corrected chi connectivity index (χ4v) is 9.79. The predicted molar refractivity (Wildman–Crippen MR) is 244 cm³/mol. The first-order valence-corrected chi connectivity index (χ1v) is 22.3. The van der Waals surface area contributed by atoms with Gasteiger partial charge in [0.25, 0.3) is 0 Å². The van der Waals surface area contributed by atoms with Gasteiger partial charge in [0.05, 0.1) is 55.3 Å². The Bertz CT molecular complexity index is 2790. The normalized spacial score (nSPS) is 18.8. The molecule has 3 unspecified atom stereocenters. The van der Waals surface area contributed by atoms with Crippen molar-refractivity contribution in [2.75, 3.05) is 27.3 Å². The van der Waals surface area contributed by atoms with Crippen molar-refractivity contribution in [1.29, 1.82) is 0 Å². The number of carbonyl (C=O) groups excluding carboxylic acids is 3. The van der Waals surface area contributed by atoms with Crippen molar-refractivity contribution < 1.29 is 33.4 Å². The highest BCUT2D eigenvalue weighted by Crippen LogP contribution is 2.45. The Morgan fingerprint density at radius 3 is 2.14 bits per heavy atom. The molecule has 0 aliphatic carbocycles. The number of carbonyl (C=O) groups is 3. The molecule has 7 aromatic rings. The number of furan rings is 2. The van der Waals surface area contributed by atoms with Crippen LogP contribution in [0.4, 0.5) is 9.59 Å². The number of methoxy groups -OCH3 is 2. The molecule has 2 bridgehead atoms. The fourth-order valence-electron chi connectivity index (χ4n) is 9.79. The molecule has 2 saturated heterocycles. The predicted octanol–water partition coefficient (Wildman–Crippen LogP) is 8.89. The molecule has 2 aliphatic heterocycles. The number of amides is 3. The van der Waals surface area contributed by atoms with E-state index in [1.807, 2.05) is 61.9 Å². The van der Waals surface area contributed by atoms with Crippen molar-refractivity contribution in [2.24, 2.45) is 11.8 Å². The third kappa shape index (κ3) is 7.80. The van der Waals surface area contributed by atoms with Gasteiger partial charge in [0, 0.05) is 23.9 Å². The quantitative estimate of drug-likeness (QED) is 0.0748. The molecule has 9 rings (SSSR count). The van der Waals surface area contributed by atoms with Crippen molar-refractivity contribution in [2.45, 2.75) is 90.2 Å². The number of aromatic amines is 2.